The Morgan fingerprint density at radius 3 is 1.60 bits per heavy atom. The van der Waals surface area contributed by atoms with Crippen molar-refractivity contribution in [1.82, 2.24) is 0 Å². The van der Waals surface area contributed by atoms with Gasteiger partial charge in [-0.05, 0) is 75.3 Å². The number of nitrogens with two attached hydrogens (primary N) is 1. The molecule has 0 aliphatic carbocycles. The third-order valence-corrected chi connectivity index (χ3v) is 5.41. The zero-order valence-electron chi connectivity index (χ0n) is 17.2. The van der Waals surface area contributed by atoms with E-state index in [0.717, 1.165) is 6.54 Å². The van der Waals surface area contributed by atoms with Gasteiger partial charge < -0.3 is 11.1 Å². The minimum Gasteiger partial charge on any atom is -0.382 e. The van der Waals surface area contributed by atoms with E-state index in [1.54, 1.807) is 0 Å². The van der Waals surface area contributed by atoms with Gasteiger partial charge in [-0.1, -0.05) is 49.2 Å². The molecule has 2 aromatic rings. The second-order valence-electron chi connectivity index (χ2n) is 8.10. The van der Waals surface area contributed by atoms with Crippen LogP contribution >= 0.6 is 0 Å². The SMILES string of the molecule is Cc1cc(C)c(NCC(N)(c2c(C)cc(C)cc2C)C(C)C)c(C)c1. The average Bonchev–Trinajstić information content (AvgIpc) is 2.44. The van der Waals surface area contributed by atoms with Crippen molar-refractivity contribution in [1.29, 1.82) is 0 Å². The lowest BCUT2D eigenvalue weighted by Crippen LogP contribution is -2.49. The largest absolute Gasteiger partial charge is 0.382 e. The predicted molar refractivity (Wildman–Crippen MR) is 110 cm³/mol. The first-order valence-corrected chi connectivity index (χ1v) is 9.25. The fraction of sp³-hybridized carbons (Fsp3) is 0.478. The molecule has 0 saturated heterocycles. The Bertz CT molecular complexity index is 728. The number of anilines is 1. The molecule has 1 unspecified atom stereocenters. The summed E-state index contributed by atoms with van der Waals surface area (Å²) in [5, 5.41) is 3.67. The normalized spacial score (nSPS) is 13.8. The molecule has 2 aromatic carbocycles. The molecule has 0 heterocycles. The summed E-state index contributed by atoms with van der Waals surface area (Å²) < 4.78 is 0. The van der Waals surface area contributed by atoms with Crippen LogP contribution in [0.5, 0.6) is 0 Å². The molecule has 0 fully saturated rings. The number of rotatable bonds is 5. The van der Waals surface area contributed by atoms with Crippen molar-refractivity contribution in [2.24, 2.45) is 11.7 Å². The molecule has 0 saturated carbocycles. The molecule has 0 aliphatic rings. The second kappa shape index (κ2) is 7.21. The van der Waals surface area contributed by atoms with E-state index in [4.69, 9.17) is 5.73 Å². The van der Waals surface area contributed by atoms with E-state index in [1.807, 2.05) is 0 Å². The number of nitrogens with one attached hydrogen (secondary N) is 1. The summed E-state index contributed by atoms with van der Waals surface area (Å²) in [6.45, 7) is 18.1. The Hall–Kier alpha value is -1.80. The van der Waals surface area contributed by atoms with Gasteiger partial charge in [-0.3, -0.25) is 0 Å². The summed E-state index contributed by atoms with van der Waals surface area (Å²) in [7, 11) is 0. The predicted octanol–water partition coefficient (Wildman–Crippen LogP) is 5.46. The quantitative estimate of drug-likeness (QED) is 0.760. The first kappa shape index (κ1) is 19.5. The maximum absolute atomic E-state index is 7.03. The van der Waals surface area contributed by atoms with Gasteiger partial charge in [0.2, 0.25) is 0 Å². The molecule has 25 heavy (non-hydrogen) atoms. The van der Waals surface area contributed by atoms with Gasteiger partial charge in [-0.15, -0.1) is 0 Å². The van der Waals surface area contributed by atoms with Gasteiger partial charge in [-0.25, -0.2) is 0 Å². The Morgan fingerprint density at radius 2 is 1.20 bits per heavy atom. The molecule has 136 valence electrons. The van der Waals surface area contributed by atoms with Crippen LogP contribution in [0.4, 0.5) is 5.69 Å². The molecule has 0 radical (unpaired) electrons. The molecule has 0 aromatic heterocycles. The first-order chi connectivity index (χ1) is 11.6. The lowest BCUT2D eigenvalue weighted by Gasteiger charge is -2.38. The number of hydrogen-bond donors (Lipinski definition) is 2. The molecule has 2 rings (SSSR count). The molecular weight excluding hydrogens is 304 g/mol. The molecule has 2 nitrogen and oxygen atoms in total. The smallest absolute Gasteiger partial charge is 0.0613 e. The van der Waals surface area contributed by atoms with Crippen molar-refractivity contribution in [3.8, 4) is 0 Å². The molecule has 3 N–H and O–H groups in total. The Kier molecular flexibility index (Phi) is 5.63. The Labute approximate surface area is 153 Å². The molecule has 0 spiro atoms. The fourth-order valence-corrected chi connectivity index (χ4v) is 4.19. The highest BCUT2D eigenvalue weighted by Gasteiger charge is 2.34. The van der Waals surface area contributed by atoms with Crippen LogP contribution in [0, 0.1) is 47.5 Å². The van der Waals surface area contributed by atoms with Crippen molar-refractivity contribution in [3.05, 3.63) is 63.2 Å². The van der Waals surface area contributed by atoms with Gasteiger partial charge in [0.15, 0.2) is 0 Å². The topological polar surface area (TPSA) is 38.0 Å². The van der Waals surface area contributed by atoms with Crippen LogP contribution in [0.15, 0.2) is 24.3 Å². The van der Waals surface area contributed by atoms with E-state index in [0.29, 0.717) is 5.92 Å². The maximum Gasteiger partial charge on any atom is 0.0613 e. The molecule has 0 bridgehead atoms. The van der Waals surface area contributed by atoms with Crippen molar-refractivity contribution < 1.29 is 0 Å². The van der Waals surface area contributed by atoms with Gasteiger partial charge in [0.25, 0.3) is 0 Å². The molecule has 1 atom stereocenters. The lowest BCUT2D eigenvalue weighted by molar-refractivity contribution is 0.332. The highest BCUT2D eigenvalue weighted by atomic mass is 15.0. The third-order valence-electron chi connectivity index (χ3n) is 5.41. The first-order valence-electron chi connectivity index (χ1n) is 9.25. The minimum atomic E-state index is -0.411. The third kappa shape index (κ3) is 3.90. The zero-order valence-corrected chi connectivity index (χ0v) is 17.2. The average molecular weight is 339 g/mol. The summed E-state index contributed by atoms with van der Waals surface area (Å²) in [5.41, 5.74) is 16.8. The van der Waals surface area contributed by atoms with E-state index in [-0.39, 0.29) is 0 Å². The summed E-state index contributed by atoms with van der Waals surface area (Å²) in [6, 6.07) is 8.94. The highest BCUT2D eigenvalue weighted by molar-refractivity contribution is 5.59. The zero-order chi connectivity index (χ0) is 18.9. The number of benzene rings is 2. The maximum atomic E-state index is 7.03. The number of hydrogen-bond acceptors (Lipinski definition) is 2. The van der Waals surface area contributed by atoms with Crippen LogP contribution in [0.3, 0.4) is 0 Å². The summed E-state index contributed by atoms with van der Waals surface area (Å²) in [4.78, 5) is 0. The van der Waals surface area contributed by atoms with E-state index >= 15 is 0 Å². The van der Waals surface area contributed by atoms with Crippen LogP contribution in [0.25, 0.3) is 0 Å². The Balaban J connectivity index is 2.43. The van der Waals surface area contributed by atoms with E-state index in [2.05, 4.69) is 85.0 Å². The van der Waals surface area contributed by atoms with Gasteiger partial charge in [0.05, 0.1) is 5.54 Å². The van der Waals surface area contributed by atoms with Crippen molar-refractivity contribution in [2.75, 3.05) is 11.9 Å². The van der Waals surface area contributed by atoms with Crippen LogP contribution in [0.2, 0.25) is 0 Å². The van der Waals surface area contributed by atoms with Crippen LogP contribution in [-0.2, 0) is 5.54 Å². The highest BCUT2D eigenvalue weighted by Crippen LogP contribution is 2.34. The lowest BCUT2D eigenvalue weighted by atomic mass is 9.76. The van der Waals surface area contributed by atoms with E-state index in [9.17, 15) is 0 Å². The molecule has 2 heteroatoms. The summed E-state index contributed by atoms with van der Waals surface area (Å²) in [6.07, 6.45) is 0. The van der Waals surface area contributed by atoms with Gasteiger partial charge in [0, 0.05) is 12.2 Å². The monoisotopic (exact) mass is 338 g/mol. The van der Waals surface area contributed by atoms with Gasteiger partial charge >= 0.3 is 0 Å². The second-order valence-corrected chi connectivity index (χ2v) is 8.10. The van der Waals surface area contributed by atoms with Crippen LogP contribution in [0.1, 0.15) is 52.8 Å². The molecular formula is C23H34N2. The van der Waals surface area contributed by atoms with Crippen LogP contribution < -0.4 is 11.1 Å². The van der Waals surface area contributed by atoms with Crippen molar-refractivity contribution in [2.45, 2.75) is 60.9 Å². The van der Waals surface area contributed by atoms with Crippen molar-refractivity contribution >= 4 is 5.69 Å². The van der Waals surface area contributed by atoms with Crippen molar-refractivity contribution in [3.63, 3.8) is 0 Å². The van der Waals surface area contributed by atoms with E-state index in [1.165, 1.54) is 44.6 Å². The Morgan fingerprint density at radius 1 is 0.800 bits per heavy atom. The van der Waals surface area contributed by atoms with Gasteiger partial charge in [0.1, 0.15) is 0 Å². The van der Waals surface area contributed by atoms with Gasteiger partial charge in [-0.2, -0.15) is 0 Å². The molecule has 0 amide bonds. The standard InChI is InChI=1S/C23H34N2/c1-14(2)23(24,21-17(5)9-15(3)10-18(21)6)13-25-22-19(7)11-16(4)12-20(22)8/h9-12,14,25H,13,24H2,1-8H3. The summed E-state index contributed by atoms with van der Waals surface area (Å²) >= 11 is 0. The fourth-order valence-electron chi connectivity index (χ4n) is 4.19. The number of aryl methyl sites for hydroxylation is 6. The minimum absolute atomic E-state index is 0.325. The summed E-state index contributed by atoms with van der Waals surface area (Å²) in [5.74, 6) is 0.325. The van der Waals surface area contributed by atoms with E-state index < -0.39 is 5.54 Å². The molecule has 0 aliphatic heterocycles. The van der Waals surface area contributed by atoms with Crippen LogP contribution in [-0.4, -0.2) is 6.54 Å².